The number of anilines is 1. The normalized spacial score (nSPS) is 10.3. The second-order valence-corrected chi connectivity index (χ2v) is 5.11. The van der Waals surface area contributed by atoms with Gasteiger partial charge >= 0.3 is 0 Å². The zero-order chi connectivity index (χ0) is 14.7. The molecule has 0 atom stereocenters. The minimum Gasteiger partial charge on any atom is -0.380 e. The van der Waals surface area contributed by atoms with Crippen molar-refractivity contribution in [3.63, 3.8) is 0 Å². The highest BCUT2D eigenvalue weighted by molar-refractivity contribution is 6.33. The first-order chi connectivity index (χ1) is 9.47. The van der Waals surface area contributed by atoms with Gasteiger partial charge in [0, 0.05) is 18.7 Å². The molecule has 0 bridgehead atoms. The maximum atomic E-state index is 10.8. The van der Waals surface area contributed by atoms with Crippen LogP contribution in [0.3, 0.4) is 0 Å². The molecular formula is C15H15ClN2O2. The summed E-state index contributed by atoms with van der Waals surface area (Å²) in [5.41, 5.74) is 4.09. The molecule has 2 aromatic rings. The Hall–Kier alpha value is -2.07. The minimum atomic E-state index is -0.431. The number of rotatable bonds is 4. The Morgan fingerprint density at radius 1 is 1.20 bits per heavy atom. The summed E-state index contributed by atoms with van der Waals surface area (Å²) < 4.78 is 0. The Balaban J connectivity index is 2.20. The molecule has 0 unspecified atom stereocenters. The number of nitrogens with one attached hydrogen (secondary N) is 1. The zero-order valence-electron chi connectivity index (χ0n) is 11.3. The quantitative estimate of drug-likeness (QED) is 0.667. The van der Waals surface area contributed by atoms with E-state index in [1.165, 1.54) is 29.3 Å². The van der Waals surface area contributed by atoms with Crippen LogP contribution in [-0.4, -0.2) is 4.92 Å². The lowest BCUT2D eigenvalue weighted by atomic mass is 10.1. The molecule has 4 nitrogen and oxygen atoms in total. The summed E-state index contributed by atoms with van der Waals surface area (Å²) in [6.45, 7) is 4.64. The third-order valence-electron chi connectivity index (χ3n) is 3.13. The van der Waals surface area contributed by atoms with Crippen LogP contribution < -0.4 is 5.32 Å². The van der Waals surface area contributed by atoms with Gasteiger partial charge in [0.2, 0.25) is 0 Å². The van der Waals surface area contributed by atoms with Crippen molar-refractivity contribution in [3.05, 3.63) is 68.2 Å². The van der Waals surface area contributed by atoms with Crippen molar-refractivity contribution >= 4 is 23.0 Å². The zero-order valence-corrected chi connectivity index (χ0v) is 12.1. The van der Waals surface area contributed by atoms with E-state index in [4.69, 9.17) is 11.6 Å². The van der Waals surface area contributed by atoms with E-state index in [-0.39, 0.29) is 5.69 Å². The maximum Gasteiger partial charge on any atom is 0.271 e. The lowest BCUT2D eigenvalue weighted by Crippen LogP contribution is -2.03. The fraction of sp³-hybridized carbons (Fsp3) is 0.200. The van der Waals surface area contributed by atoms with E-state index < -0.39 is 4.92 Å². The summed E-state index contributed by atoms with van der Waals surface area (Å²) in [4.78, 5) is 10.3. The van der Waals surface area contributed by atoms with Gasteiger partial charge in [-0.1, -0.05) is 35.4 Å². The van der Waals surface area contributed by atoms with Gasteiger partial charge in [-0.05, 0) is 31.0 Å². The topological polar surface area (TPSA) is 55.2 Å². The molecule has 104 valence electrons. The molecule has 0 saturated heterocycles. The van der Waals surface area contributed by atoms with Crippen LogP contribution in [-0.2, 0) is 6.54 Å². The lowest BCUT2D eigenvalue weighted by molar-refractivity contribution is -0.384. The van der Waals surface area contributed by atoms with Crippen molar-refractivity contribution in [2.75, 3.05) is 5.32 Å². The number of nitro groups is 1. The van der Waals surface area contributed by atoms with E-state index in [2.05, 4.69) is 23.5 Å². The van der Waals surface area contributed by atoms with Crippen LogP contribution in [0.2, 0.25) is 5.02 Å². The summed E-state index contributed by atoms with van der Waals surface area (Å²) in [7, 11) is 0. The molecule has 2 aromatic carbocycles. The molecule has 0 saturated carbocycles. The van der Waals surface area contributed by atoms with Crippen LogP contribution in [0.4, 0.5) is 11.4 Å². The number of halogens is 1. The first-order valence-electron chi connectivity index (χ1n) is 6.21. The predicted octanol–water partition coefficient (Wildman–Crippen LogP) is 4.48. The van der Waals surface area contributed by atoms with Gasteiger partial charge in [-0.2, -0.15) is 0 Å². The monoisotopic (exact) mass is 290 g/mol. The highest BCUT2D eigenvalue weighted by atomic mass is 35.5. The number of benzene rings is 2. The third kappa shape index (κ3) is 3.27. The van der Waals surface area contributed by atoms with Crippen LogP contribution >= 0.6 is 11.6 Å². The van der Waals surface area contributed by atoms with Gasteiger partial charge < -0.3 is 5.32 Å². The molecule has 2 rings (SSSR count). The highest BCUT2D eigenvalue weighted by Gasteiger charge is 2.09. The summed E-state index contributed by atoms with van der Waals surface area (Å²) in [5, 5.41) is 14.4. The fourth-order valence-electron chi connectivity index (χ4n) is 1.94. The number of nitrogens with zero attached hydrogens (tertiary/aromatic N) is 1. The van der Waals surface area contributed by atoms with Crippen LogP contribution in [0.1, 0.15) is 16.7 Å². The van der Waals surface area contributed by atoms with Gasteiger partial charge in [-0.25, -0.2) is 0 Å². The lowest BCUT2D eigenvalue weighted by Gasteiger charge is -2.11. The molecule has 1 N–H and O–H groups in total. The first kappa shape index (κ1) is 14.3. The molecule has 0 aromatic heterocycles. The van der Waals surface area contributed by atoms with E-state index >= 15 is 0 Å². The third-order valence-corrected chi connectivity index (χ3v) is 3.46. The molecule has 0 aliphatic heterocycles. The van der Waals surface area contributed by atoms with Crippen molar-refractivity contribution in [2.45, 2.75) is 20.4 Å². The fourth-order valence-corrected chi connectivity index (χ4v) is 2.13. The Labute approximate surface area is 122 Å². The van der Waals surface area contributed by atoms with Crippen molar-refractivity contribution in [1.29, 1.82) is 0 Å². The molecule has 0 radical (unpaired) electrons. The van der Waals surface area contributed by atoms with Crippen molar-refractivity contribution < 1.29 is 4.92 Å². The Morgan fingerprint density at radius 3 is 2.65 bits per heavy atom. The Bertz CT molecular complexity index is 656. The van der Waals surface area contributed by atoms with Crippen LogP contribution in [0, 0.1) is 24.0 Å². The molecule has 5 heteroatoms. The van der Waals surface area contributed by atoms with Gasteiger partial charge in [0.15, 0.2) is 0 Å². The Morgan fingerprint density at radius 2 is 1.95 bits per heavy atom. The number of hydrogen-bond donors (Lipinski definition) is 1. The van der Waals surface area contributed by atoms with Crippen molar-refractivity contribution in [2.24, 2.45) is 0 Å². The molecule has 0 spiro atoms. The molecular weight excluding hydrogens is 276 g/mol. The van der Waals surface area contributed by atoms with Crippen molar-refractivity contribution in [3.8, 4) is 0 Å². The molecule has 0 fully saturated rings. The standard InChI is InChI=1S/C15H15ClN2O2/c1-10-3-4-11(2)12(7-10)9-17-15-8-13(18(19)20)5-6-14(15)16/h3-8,17H,9H2,1-2H3. The molecule has 0 amide bonds. The number of aryl methyl sites for hydroxylation is 2. The van der Waals surface area contributed by atoms with Gasteiger partial charge in [-0.3, -0.25) is 10.1 Å². The molecule has 0 aliphatic carbocycles. The van der Waals surface area contributed by atoms with Gasteiger partial charge in [0.1, 0.15) is 0 Å². The number of non-ortho nitro benzene ring substituents is 1. The average molecular weight is 291 g/mol. The maximum absolute atomic E-state index is 10.8. The van der Waals surface area contributed by atoms with E-state index in [0.717, 1.165) is 5.56 Å². The Kier molecular flexibility index (Phi) is 4.25. The summed E-state index contributed by atoms with van der Waals surface area (Å²) in [6.07, 6.45) is 0. The average Bonchev–Trinajstić information content (AvgIpc) is 2.41. The van der Waals surface area contributed by atoms with E-state index in [0.29, 0.717) is 17.3 Å². The van der Waals surface area contributed by atoms with E-state index in [1.54, 1.807) is 0 Å². The van der Waals surface area contributed by atoms with E-state index in [1.807, 2.05) is 13.8 Å². The highest BCUT2D eigenvalue weighted by Crippen LogP contribution is 2.27. The predicted molar refractivity (Wildman–Crippen MR) is 81.3 cm³/mol. The van der Waals surface area contributed by atoms with Crippen molar-refractivity contribution in [1.82, 2.24) is 0 Å². The van der Waals surface area contributed by atoms with Crippen LogP contribution in [0.25, 0.3) is 0 Å². The number of nitro benzene ring substituents is 1. The largest absolute Gasteiger partial charge is 0.380 e. The number of hydrogen-bond acceptors (Lipinski definition) is 3. The first-order valence-corrected chi connectivity index (χ1v) is 6.59. The van der Waals surface area contributed by atoms with Gasteiger partial charge in [0.25, 0.3) is 5.69 Å². The van der Waals surface area contributed by atoms with Gasteiger partial charge in [-0.15, -0.1) is 0 Å². The smallest absolute Gasteiger partial charge is 0.271 e. The molecule has 0 aliphatic rings. The molecule has 20 heavy (non-hydrogen) atoms. The minimum absolute atomic E-state index is 0.0258. The van der Waals surface area contributed by atoms with E-state index in [9.17, 15) is 10.1 Å². The van der Waals surface area contributed by atoms with Crippen LogP contribution in [0.5, 0.6) is 0 Å². The molecule has 0 heterocycles. The SMILES string of the molecule is Cc1ccc(C)c(CNc2cc([N+](=O)[O-])ccc2Cl)c1. The summed E-state index contributed by atoms with van der Waals surface area (Å²) in [5.74, 6) is 0. The van der Waals surface area contributed by atoms with Gasteiger partial charge in [0.05, 0.1) is 15.6 Å². The second kappa shape index (κ2) is 5.92. The summed E-state index contributed by atoms with van der Waals surface area (Å²) >= 11 is 6.05. The summed E-state index contributed by atoms with van der Waals surface area (Å²) in [6, 6.07) is 10.6. The van der Waals surface area contributed by atoms with Crippen LogP contribution in [0.15, 0.2) is 36.4 Å². The second-order valence-electron chi connectivity index (χ2n) is 4.70.